The van der Waals surface area contributed by atoms with Crippen LogP contribution in [0.2, 0.25) is 0 Å². The molecule has 0 bridgehead atoms. The molecule has 1 fully saturated rings. The zero-order valence-corrected chi connectivity index (χ0v) is 16.0. The van der Waals surface area contributed by atoms with E-state index < -0.39 is 0 Å². The lowest BCUT2D eigenvalue weighted by molar-refractivity contribution is -0.131. The summed E-state index contributed by atoms with van der Waals surface area (Å²) in [5, 5.41) is 3.18. The lowest BCUT2D eigenvalue weighted by Crippen LogP contribution is -2.49. The van der Waals surface area contributed by atoms with E-state index in [1.165, 1.54) is 5.56 Å². The van der Waals surface area contributed by atoms with E-state index >= 15 is 0 Å². The highest BCUT2D eigenvalue weighted by molar-refractivity contribution is 5.81. The number of carbonyl (C=O) groups excluding carboxylic acids is 1. The third-order valence-electron chi connectivity index (χ3n) is 4.80. The molecule has 1 amide bonds. The predicted octanol–water partition coefficient (Wildman–Crippen LogP) is 2.46. The second-order valence-corrected chi connectivity index (χ2v) is 6.57. The van der Waals surface area contributed by atoms with Crippen molar-refractivity contribution < 1.29 is 14.3 Å². The molecule has 0 atom stereocenters. The average molecular weight is 369 g/mol. The fraction of sp³-hybridized carbons (Fsp3) is 0.381. The highest BCUT2D eigenvalue weighted by Crippen LogP contribution is 2.29. The van der Waals surface area contributed by atoms with Gasteiger partial charge in [0.1, 0.15) is 0 Å². The van der Waals surface area contributed by atoms with E-state index in [0.29, 0.717) is 11.5 Å². The van der Waals surface area contributed by atoms with Gasteiger partial charge in [-0.25, -0.2) is 0 Å². The van der Waals surface area contributed by atoms with Gasteiger partial charge < -0.3 is 19.7 Å². The zero-order valence-electron chi connectivity index (χ0n) is 16.0. The number of benzene rings is 2. The maximum absolute atomic E-state index is 12.5. The van der Waals surface area contributed by atoms with E-state index in [2.05, 4.69) is 34.5 Å². The summed E-state index contributed by atoms with van der Waals surface area (Å²) in [5.41, 5.74) is 2.15. The Morgan fingerprint density at radius 3 is 2.33 bits per heavy atom. The van der Waals surface area contributed by atoms with Gasteiger partial charge >= 0.3 is 0 Å². The SMILES string of the molecule is COc1ccc(NCC(=O)N2CCN(Cc3ccccc3)CC2)cc1OC. The summed E-state index contributed by atoms with van der Waals surface area (Å²) in [5.74, 6) is 1.43. The van der Waals surface area contributed by atoms with E-state index in [0.717, 1.165) is 38.4 Å². The lowest BCUT2D eigenvalue weighted by Gasteiger charge is -2.34. The van der Waals surface area contributed by atoms with Gasteiger partial charge in [-0.05, 0) is 17.7 Å². The van der Waals surface area contributed by atoms with Crippen molar-refractivity contribution in [3.8, 4) is 11.5 Å². The van der Waals surface area contributed by atoms with Crippen LogP contribution in [0.1, 0.15) is 5.56 Å². The number of amides is 1. The molecule has 2 aromatic carbocycles. The monoisotopic (exact) mass is 369 g/mol. The van der Waals surface area contributed by atoms with Crippen LogP contribution < -0.4 is 14.8 Å². The van der Waals surface area contributed by atoms with E-state index in [-0.39, 0.29) is 12.5 Å². The molecule has 6 heteroatoms. The van der Waals surface area contributed by atoms with Crippen LogP contribution in [0.5, 0.6) is 11.5 Å². The van der Waals surface area contributed by atoms with Crippen molar-refractivity contribution in [1.29, 1.82) is 0 Å². The summed E-state index contributed by atoms with van der Waals surface area (Å²) in [6.07, 6.45) is 0. The Bertz CT molecular complexity index is 744. The second-order valence-electron chi connectivity index (χ2n) is 6.57. The Balaban J connectivity index is 1.46. The van der Waals surface area contributed by atoms with Gasteiger partial charge in [0.25, 0.3) is 0 Å². The van der Waals surface area contributed by atoms with E-state index in [1.54, 1.807) is 14.2 Å². The highest BCUT2D eigenvalue weighted by Gasteiger charge is 2.20. The van der Waals surface area contributed by atoms with Gasteiger partial charge in [-0.3, -0.25) is 9.69 Å². The van der Waals surface area contributed by atoms with Crippen LogP contribution in [0.4, 0.5) is 5.69 Å². The molecular formula is C21H27N3O3. The number of piperazine rings is 1. The van der Waals surface area contributed by atoms with Gasteiger partial charge in [-0.15, -0.1) is 0 Å². The van der Waals surface area contributed by atoms with Gasteiger partial charge in [-0.1, -0.05) is 30.3 Å². The number of hydrogen-bond donors (Lipinski definition) is 1. The second kappa shape index (κ2) is 9.28. The fourth-order valence-corrected chi connectivity index (χ4v) is 3.23. The lowest BCUT2D eigenvalue weighted by atomic mass is 10.2. The van der Waals surface area contributed by atoms with Crippen molar-refractivity contribution in [3.63, 3.8) is 0 Å². The minimum Gasteiger partial charge on any atom is -0.493 e. The first kappa shape index (κ1) is 19.0. The highest BCUT2D eigenvalue weighted by atomic mass is 16.5. The molecule has 27 heavy (non-hydrogen) atoms. The first-order chi connectivity index (χ1) is 13.2. The molecule has 1 aliphatic heterocycles. The smallest absolute Gasteiger partial charge is 0.241 e. The quantitative estimate of drug-likeness (QED) is 0.813. The van der Waals surface area contributed by atoms with Gasteiger partial charge in [-0.2, -0.15) is 0 Å². The standard InChI is InChI=1S/C21H27N3O3/c1-26-19-9-8-18(14-20(19)27-2)22-15-21(25)24-12-10-23(11-13-24)16-17-6-4-3-5-7-17/h3-9,14,22H,10-13,15-16H2,1-2H3. The van der Waals surface area contributed by atoms with Crippen LogP contribution in [0, 0.1) is 0 Å². The summed E-state index contributed by atoms with van der Waals surface area (Å²) >= 11 is 0. The van der Waals surface area contributed by atoms with Crippen LogP contribution >= 0.6 is 0 Å². The van der Waals surface area contributed by atoms with Crippen LogP contribution in [-0.4, -0.2) is 62.7 Å². The summed E-state index contributed by atoms with van der Waals surface area (Å²) in [6.45, 7) is 4.54. The number of nitrogens with zero attached hydrogens (tertiary/aromatic N) is 2. The number of hydrogen-bond acceptors (Lipinski definition) is 5. The number of carbonyl (C=O) groups is 1. The Morgan fingerprint density at radius 1 is 0.963 bits per heavy atom. The molecule has 3 rings (SSSR count). The fourth-order valence-electron chi connectivity index (χ4n) is 3.23. The third-order valence-corrected chi connectivity index (χ3v) is 4.80. The molecule has 0 unspecified atom stereocenters. The van der Waals surface area contributed by atoms with Crippen LogP contribution in [0.25, 0.3) is 0 Å². The van der Waals surface area contributed by atoms with Crippen molar-refractivity contribution in [2.24, 2.45) is 0 Å². The number of anilines is 1. The molecule has 2 aromatic rings. The van der Waals surface area contributed by atoms with Crippen LogP contribution in [0.3, 0.4) is 0 Å². The number of methoxy groups -OCH3 is 2. The van der Waals surface area contributed by atoms with Gasteiger partial charge in [0.2, 0.25) is 5.91 Å². The molecule has 0 radical (unpaired) electrons. The number of rotatable bonds is 7. The largest absolute Gasteiger partial charge is 0.493 e. The van der Waals surface area contributed by atoms with Crippen molar-refractivity contribution in [1.82, 2.24) is 9.80 Å². The normalized spacial score (nSPS) is 14.7. The molecule has 1 saturated heterocycles. The minimum absolute atomic E-state index is 0.115. The summed E-state index contributed by atoms with van der Waals surface area (Å²) in [4.78, 5) is 16.8. The summed E-state index contributed by atoms with van der Waals surface area (Å²) in [7, 11) is 3.20. The predicted molar refractivity (Wildman–Crippen MR) is 106 cm³/mol. The van der Waals surface area contributed by atoms with Crippen molar-refractivity contribution in [2.75, 3.05) is 52.3 Å². The average Bonchev–Trinajstić information content (AvgIpc) is 2.73. The number of nitrogens with one attached hydrogen (secondary N) is 1. The van der Waals surface area contributed by atoms with Crippen LogP contribution in [-0.2, 0) is 11.3 Å². The Morgan fingerprint density at radius 2 is 1.67 bits per heavy atom. The van der Waals surface area contributed by atoms with E-state index in [1.807, 2.05) is 29.2 Å². The minimum atomic E-state index is 0.115. The topological polar surface area (TPSA) is 54.0 Å². The zero-order chi connectivity index (χ0) is 19.1. The maximum atomic E-state index is 12.5. The third kappa shape index (κ3) is 5.14. The number of ether oxygens (including phenoxy) is 2. The van der Waals surface area contributed by atoms with Crippen LogP contribution in [0.15, 0.2) is 48.5 Å². The van der Waals surface area contributed by atoms with Gasteiger partial charge in [0.15, 0.2) is 11.5 Å². The van der Waals surface area contributed by atoms with Crippen molar-refractivity contribution in [2.45, 2.75) is 6.54 Å². The first-order valence-corrected chi connectivity index (χ1v) is 9.19. The summed E-state index contributed by atoms with van der Waals surface area (Å²) < 4.78 is 10.5. The molecule has 1 aliphatic rings. The Kier molecular flexibility index (Phi) is 6.54. The molecule has 1 N–H and O–H groups in total. The van der Waals surface area contributed by atoms with Gasteiger partial charge in [0, 0.05) is 44.5 Å². The Hall–Kier alpha value is -2.73. The van der Waals surface area contributed by atoms with Crippen molar-refractivity contribution >= 4 is 11.6 Å². The van der Waals surface area contributed by atoms with E-state index in [9.17, 15) is 4.79 Å². The molecule has 6 nitrogen and oxygen atoms in total. The summed E-state index contributed by atoms with van der Waals surface area (Å²) in [6, 6.07) is 16.0. The molecule has 0 aliphatic carbocycles. The van der Waals surface area contributed by atoms with E-state index in [4.69, 9.17) is 9.47 Å². The molecule has 1 heterocycles. The molecule has 0 aromatic heterocycles. The molecular weight excluding hydrogens is 342 g/mol. The first-order valence-electron chi connectivity index (χ1n) is 9.19. The molecule has 0 spiro atoms. The molecule has 0 saturated carbocycles. The molecule has 144 valence electrons. The van der Waals surface area contributed by atoms with Gasteiger partial charge in [0.05, 0.1) is 20.8 Å². The maximum Gasteiger partial charge on any atom is 0.241 e. The Labute approximate surface area is 160 Å². The van der Waals surface area contributed by atoms with Crippen molar-refractivity contribution in [3.05, 3.63) is 54.1 Å².